The van der Waals surface area contributed by atoms with Gasteiger partial charge in [0.2, 0.25) is 5.09 Å². The zero-order chi connectivity index (χ0) is 17.2. The van der Waals surface area contributed by atoms with Crippen LogP contribution in [-0.2, 0) is 10.0 Å². The number of halogens is 2. The molecular weight excluding hydrogens is 330 g/mol. The average molecular weight is 344 g/mol. The minimum Gasteiger partial charge on any atom is -0.438 e. The van der Waals surface area contributed by atoms with Crippen LogP contribution >= 0.6 is 0 Å². The van der Waals surface area contributed by atoms with Crippen LogP contribution in [0.4, 0.5) is 8.78 Å². The van der Waals surface area contributed by atoms with Crippen LogP contribution in [0.5, 0.6) is 0 Å². The number of furan rings is 1. The molecule has 1 unspecified atom stereocenters. The highest BCUT2D eigenvalue weighted by atomic mass is 32.2. The number of hydrogen-bond acceptors (Lipinski definition) is 4. The molecule has 6 nitrogen and oxygen atoms in total. The van der Waals surface area contributed by atoms with Crippen LogP contribution in [0.3, 0.4) is 0 Å². The molecule has 1 aromatic carbocycles. The molecule has 0 aliphatic heterocycles. The van der Waals surface area contributed by atoms with Crippen LogP contribution in [-0.4, -0.2) is 21.4 Å². The lowest BCUT2D eigenvalue weighted by atomic mass is 10.1. The number of rotatable bonds is 5. The summed E-state index contributed by atoms with van der Waals surface area (Å²) in [5, 5.41) is 2.03. The lowest BCUT2D eigenvalue weighted by Crippen LogP contribution is -2.27. The molecule has 23 heavy (non-hydrogen) atoms. The topological polar surface area (TPSA) is 88.4 Å². The maximum absolute atomic E-state index is 13.7. The number of nitrogens with one attached hydrogen (secondary N) is 2. The second-order valence-corrected chi connectivity index (χ2v) is 6.50. The zero-order valence-corrected chi connectivity index (χ0v) is 13.1. The first kappa shape index (κ1) is 17.1. The Morgan fingerprint density at radius 3 is 2.52 bits per heavy atom. The summed E-state index contributed by atoms with van der Waals surface area (Å²) in [6.07, 6.45) is 0. The summed E-state index contributed by atoms with van der Waals surface area (Å²) in [5.41, 5.74) is 0.0920. The summed E-state index contributed by atoms with van der Waals surface area (Å²) < 4.78 is 56.6. The third-order valence-corrected chi connectivity index (χ3v) is 4.40. The Kier molecular flexibility index (Phi) is 4.81. The van der Waals surface area contributed by atoms with E-state index in [9.17, 15) is 22.0 Å². The van der Waals surface area contributed by atoms with Crippen molar-refractivity contribution in [2.24, 2.45) is 0 Å². The fourth-order valence-corrected chi connectivity index (χ4v) is 2.53. The largest absolute Gasteiger partial charge is 0.438 e. The van der Waals surface area contributed by atoms with E-state index in [2.05, 4.69) is 10.0 Å². The Labute approximate surface area is 131 Å². The van der Waals surface area contributed by atoms with Crippen molar-refractivity contribution in [3.63, 3.8) is 0 Å². The highest BCUT2D eigenvalue weighted by Crippen LogP contribution is 2.19. The first-order chi connectivity index (χ1) is 10.7. The molecule has 1 aromatic heterocycles. The van der Waals surface area contributed by atoms with Crippen LogP contribution in [0, 0.1) is 11.6 Å². The molecule has 0 fully saturated rings. The summed E-state index contributed by atoms with van der Waals surface area (Å²) in [6.45, 7) is 1.50. The number of carbonyl (C=O) groups is 1. The quantitative estimate of drug-likeness (QED) is 0.868. The second-order valence-electron chi connectivity index (χ2n) is 4.69. The predicted molar refractivity (Wildman–Crippen MR) is 77.2 cm³/mol. The van der Waals surface area contributed by atoms with Crippen molar-refractivity contribution in [2.75, 3.05) is 7.05 Å². The van der Waals surface area contributed by atoms with E-state index in [0.717, 1.165) is 12.1 Å². The number of amides is 1. The van der Waals surface area contributed by atoms with Gasteiger partial charge in [-0.15, -0.1) is 0 Å². The Bertz CT molecular complexity index is 833. The normalized spacial score (nSPS) is 12.9. The molecule has 1 heterocycles. The van der Waals surface area contributed by atoms with E-state index in [1.54, 1.807) is 0 Å². The Balaban J connectivity index is 2.16. The van der Waals surface area contributed by atoms with Gasteiger partial charge in [-0.2, -0.15) is 0 Å². The molecule has 1 amide bonds. The van der Waals surface area contributed by atoms with Gasteiger partial charge in [-0.1, -0.05) is 6.07 Å². The summed E-state index contributed by atoms with van der Waals surface area (Å²) in [7, 11) is -2.60. The fourth-order valence-electron chi connectivity index (χ4n) is 1.89. The summed E-state index contributed by atoms with van der Waals surface area (Å²) in [6, 6.07) is 4.55. The number of hydrogen-bond donors (Lipinski definition) is 2. The van der Waals surface area contributed by atoms with Gasteiger partial charge in [0.05, 0.1) is 6.04 Å². The van der Waals surface area contributed by atoms with E-state index in [-0.39, 0.29) is 11.3 Å². The smallest absolute Gasteiger partial charge is 0.287 e. The van der Waals surface area contributed by atoms with E-state index in [1.807, 2.05) is 0 Å². The Morgan fingerprint density at radius 1 is 1.22 bits per heavy atom. The van der Waals surface area contributed by atoms with Crippen molar-refractivity contribution in [1.29, 1.82) is 0 Å². The Hall–Kier alpha value is -2.26. The monoisotopic (exact) mass is 344 g/mol. The summed E-state index contributed by atoms with van der Waals surface area (Å²) >= 11 is 0. The maximum Gasteiger partial charge on any atom is 0.287 e. The summed E-state index contributed by atoms with van der Waals surface area (Å²) in [4.78, 5) is 12.0. The zero-order valence-electron chi connectivity index (χ0n) is 12.3. The number of benzene rings is 1. The van der Waals surface area contributed by atoms with E-state index in [0.29, 0.717) is 6.07 Å². The van der Waals surface area contributed by atoms with Crippen molar-refractivity contribution in [2.45, 2.75) is 18.1 Å². The number of carbonyl (C=O) groups excluding carboxylic acids is 1. The van der Waals surface area contributed by atoms with Gasteiger partial charge < -0.3 is 9.73 Å². The van der Waals surface area contributed by atoms with Crippen molar-refractivity contribution < 1.29 is 26.4 Å². The second kappa shape index (κ2) is 6.47. The van der Waals surface area contributed by atoms with Gasteiger partial charge >= 0.3 is 0 Å². The van der Waals surface area contributed by atoms with Crippen molar-refractivity contribution in [3.8, 4) is 0 Å². The van der Waals surface area contributed by atoms with Crippen molar-refractivity contribution in [1.82, 2.24) is 10.0 Å². The average Bonchev–Trinajstić information content (AvgIpc) is 2.97. The third kappa shape index (κ3) is 3.74. The van der Waals surface area contributed by atoms with Gasteiger partial charge in [-0.3, -0.25) is 4.79 Å². The SMILES string of the molecule is CNS(=O)(=O)c1ccc(C(=O)NC(C)c2ccc(F)cc2F)o1. The van der Waals surface area contributed by atoms with Gasteiger partial charge in [0.25, 0.3) is 15.9 Å². The molecule has 0 bridgehead atoms. The number of sulfonamides is 1. The molecule has 2 rings (SSSR count). The molecule has 2 N–H and O–H groups in total. The van der Waals surface area contributed by atoms with Crippen molar-refractivity contribution in [3.05, 3.63) is 53.3 Å². The van der Waals surface area contributed by atoms with Gasteiger partial charge in [0, 0.05) is 11.6 Å². The van der Waals surface area contributed by atoms with Gasteiger partial charge in [-0.05, 0) is 32.2 Å². The van der Waals surface area contributed by atoms with E-state index < -0.39 is 38.7 Å². The standard InChI is InChI=1S/C14H14F2N2O4S/c1-8(10-4-3-9(15)7-11(10)16)18-14(19)12-5-6-13(22-12)23(20,21)17-2/h3-8,17H,1-2H3,(H,18,19). The minimum atomic E-state index is -3.80. The minimum absolute atomic E-state index is 0.0920. The molecule has 2 aromatic rings. The first-order valence-corrected chi connectivity index (χ1v) is 8.02. The molecule has 9 heteroatoms. The van der Waals surface area contributed by atoms with Crippen LogP contribution in [0.2, 0.25) is 0 Å². The van der Waals surface area contributed by atoms with Crippen LogP contribution in [0.1, 0.15) is 29.1 Å². The lowest BCUT2D eigenvalue weighted by Gasteiger charge is -2.14. The highest BCUT2D eigenvalue weighted by Gasteiger charge is 2.21. The van der Waals surface area contributed by atoms with Gasteiger partial charge in [0.1, 0.15) is 11.6 Å². The molecular formula is C14H14F2N2O4S. The third-order valence-electron chi connectivity index (χ3n) is 3.12. The van der Waals surface area contributed by atoms with Crippen molar-refractivity contribution >= 4 is 15.9 Å². The molecule has 0 radical (unpaired) electrons. The van der Waals surface area contributed by atoms with Crippen LogP contribution in [0.25, 0.3) is 0 Å². The fraction of sp³-hybridized carbons (Fsp3) is 0.214. The molecule has 0 aliphatic rings. The summed E-state index contributed by atoms with van der Waals surface area (Å²) in [5.74, 6) is -2.49. The molecule has 0 saturated carbocycles. The molecule has 124 valence electrons. The predicted octanol–water partition coefficient (Wildman–Crippen LogP) is 1.96. The molecule has 0 saturated heterocycles. The molecule has 0 aliphatic carbocycles. The van der Waals surface area contributed by atoms with Crippen LogP contribution < -0.4 is 10.0 Å². The maximum atomic E-state index is 13.7. The first-order valence-electron chi connectivity index (χ1n) is 6.54. The lowest BCUT2D eigenvalue weighted by molar-refractivity contribution is 0.0906. The van der Waals surface area contributed by atoms with Crippen LogP contribution in [0.15, 0.2) is 39.8 Å². The van der Waals surface area contributed by atoms with E-state index in [1.165, 1.54) is 26.1 Å². The molecule has 1 atom stereocenters. The van der Waals surface area contributed by atoms with Gasteiger partial charge in [0.15, 0.2) is 5.76 Å². The van der Waals surface area contributed by atoms with Gasteiger partial charge in [-0.25, -0.2) is 21.9 Å². The molecule has 0 spiro atoms. The Morgan fingerprint density at radius 2 is 1.91 bits per heavy atom. The van der Waals surface area contributed by atoms with E-state index in [4.69, 9.17) is 4.42 Å². The highest BCUT2D eigenvalue weighted by molar-refractivity contribution is 7.89. The van der Waals surface area contributed by atoms with E-state index >= 15 is 0 Å².